The Morgan fingerprint density at radius 2 is 1.39 bits per heavy atom. The van der Waals surface area contributed by atoms with Crippen molar-refractivity contribution < 1.29 is 19.5 Å². The first-order valence-electron chi connectivity index (χ1n) is 12.1. The Labute approximate surface area is 219 Å². The summed E-state index contributed by atoms with van der Waals surface area (Å²) >= 11 is 0. The quantitative estimate of drug-likeness (QED) is 0.224. The largest absolute Gasteiger partial charge is 0.480 e. The highest BCUT2D eigenvalue weighted by molar-refractivity contribution is 6.09. The summed E-state index contributed by atoms with van der Waals surface area (Å²) in [5.74, 6) is -2.13. The van der Waals surface area contributed by atoms with Gasteiger partial charge in [0.1, 0.15) is 6.04 Å². The van der Waals surface area contributed by atoms with E-state index in [4.69, 9.17) is 0 Å². The van der Waals surface area contributed by atoms with Crippen LogP contribution in [-0.4, -0.2) is 33.9 Å². The summed E-state index contributed by atoms with van der Waals surface area (Å²) in [6.45, 7) is 0. The Hall–Kier alpha value is -5.17. The van der Waals surface area contributed by atoms with Crippen LogP contribution in [0.5, 0.6) is 0 Å². The molecule has 0 saturated heterocycles. The number of anilines is 1. The zero-order valence-electron chi connectivity index (χ0n) is 20.3. The van der Waals surface area contributed by atoms with Gasteiger partial charge in [0, 0.05) is 23.2 Å². The summed E-state index contributed by atoms with van der Waals surface area (Å²) in [6, 6.07) is 31.9. The Bertz CT molecular complexity index is 1570. The maximum absolute atomic E-state index is 13.1. The highest BCUT2D eigenvalue weighted by atomic mass is 16.4. The van der Waals surface area contributed by atoms with Gasteiger partial charge < -0.3 is 20.7 Å². The second-order valence-corrected chi connectivity index (χ2v) is 8.89. The van der Waals surface area contributed by atoms with Gasteiger partial charge in [-0.15, -0.1) is 0 Å². The Balaban J connectivity index is 1.30. The summed E-state index contributed by atoms with van der Waals surface area (Å²) in [7, 11) is 0. The molecule has 1 aromatic heterocycles. The van der Waals surface area contributed by atoms with Gasteiger partial charge in [-0.25, -0.2) is 4.79 Å². The lowest BCUT2D eigenvalue weighted by Crippen LogP contribution is -2.42. The van der Waals surface area contributed by atoms with Gasteiger partial charge in [-0.2, -0.15) is 0 Å². The molecule has 0 saturated carbocycles. The summed E-state index contributed by atoms with van der Waals surface area (Å²) in [4.78, 5) is 41.2. The van der Waals surface area contributed by atoms with Gasteiger partial charge in [-0.3, -0.25) is 9.59 Å². The molecule has 2 amide bonds. The molecule has 1 heterocycles. The number of nitrogens with one attached hydrogen (secondary N) is 3. The molecule has 7 heteroatoms. The van der Waals surface area contributed by atoms with E-state index in [2.05, 4.69) is 15.6 Å². The molecule has 0 aliphatic heterocycles. The lowest BCUT2D eigenvalue weighted by atomic mass is 10.0. The topological polar surface area (TPSA) is 111 Å². The molecule has 5 rings (SSSR count). The third-order valence-corrected chi connectivity index (χ3v) is 6.29. The molecule has 0 aliphatic carbocycles. The molecule has 1 atom stereocenters. The predicted octanol–water partition coefficient (Wildman–Crippen LogP) is 5.51. The van der Waals surface area contributed by atoms with Crippen molar-refractivity contribution in [3.8, 4) is 11.1 Å². The number of aromatic amines is 1. The SMILES string of the molecule is O=C(Nc1ccccc1C(=O)N[C@H](Cc1cc2ccccc2[nH]1)C(=O)O)c1ccc(-c2ccccc2)cc1. The van der Waals surface area contributed by atoms with Gasteiger partial charge in [0.2, 0.25) is 0 Å². The lowest BCUT2D eigenvalue weighted by Gasteiger charge is -2.16. The maximum Gasteiger partial charge on any atom is 0.326 e. The summed E-state index contributed by atoms with van der Waals surface area (Å²) < 4.78 is 0. The average molecular weight is 504 g/mol. The van der Waals surface area contributed by atoms with E-state index in [1.807, 2.05) is 72.8 Å². The van der Waals surface area contributed by atoms with Crippen LogP contribution < -0.4 is 10.6 Å². The number of rotatable bonds is 8. The minimum absolute atomic E-state index is 0.0814. The van der Waals surface area contributed by atoms with Gasteiger partial charge in [0.05, 0.1) is 11.3 Å². The number of hydrogen-bond donors (Lipinski definition) is 4. The molecule has 0 fully saturated rings. The van der Waals surface area contributed by atoms with Gasteiger partial charge in [0.15, 0.2) is 0 Å². The molecule has 4 aromatic carbocycles. The number of carbonyl (C=O) groups is 3. The smallest absolute Gasteiger partial charge is 0.326 e. The monoisotopic (exact) mass is 503 g/mol. The van der Waals surface area contributed by atoms with Gasteiger partial charge in [-0.05, 0) is 52.9 Å². The number of amides is 2. The molecule has 0 bridgehead atoms. The van der Waals surface area contributed by atoms with Crippen molar-refractivity contribution in [3.05, 3.63) is 126 Å². The average Bonchev–Trinajstić information content (AvgIpc) is 3.36. The van der Waals surface area contributed by atoms with E-state index in [1.165, 1.54) is 0 Å². The number of H-pyrrole nitrogens is 1. The molecular formula is C31H25N3O4. The normalized spacial score (nSPS) is 11.6. The van der Waals surface area contributed by atoms with E-state index >= 15 is 0 Å². The van der Waals surface area contributed by atoms with Crippen LogP contribution in [0, 0.1) is 0 Å². The number of aliphatic carboxylic acids is 1. The highest BCUT2D eigenvalue weighted by Crippen LogP contribution is 2.21. The number of para-hydroxylation sites is 2. The standard InChI is InChI=1S/C31H25N3O4/c35-29(22-16-14-21(15-17-22)20-8-2-1-3-9-20)33-27-13-7-5-11-25(27)30(36)34-28(31(37)38)19-24-18-23-10-4-6-12-26(23)32-24/h1-18,28,32H,19H2,(H,33,35)(H,34,36)(H,37,38)/t28-/m1/s1. The van der Waals surface area contributed by atoms with Gasteiger partial charge >= 0.3 is 5.97 Å². The maximum atomic E-state index is 13.1. The molecule has 0 aliphatic rings. The summed E-state index contributed by atoms with van der Waals surface area (Å²) in [5, 5.41) is 16.1. The van der Waals surface area contributed by atoms with Crippen molar-refractivity contribution in [1.82, 2.24) is 10.3 Å². The molecule has 4 N–H and O–H groups in total. The number of carboxylic acids is 1. The fourth-order valence-corrected chi connectivity index (χ4v) is 4.33. The van der Waals surface area contributed by atoms with Crippen molar-refractivity contribution in [2.45, 2.75) is 12.5 Å². The minimum atomic E-state index is -1.16. The Morgan fingerprint density at radius 1 is 0.737 bits per heavy atom. The van der Waals surface area contributed by atoms with Crippen LogP contribution in [0.4, 0.5) is 5.69 Å². The summed E-state index contributed by atoms with van der Waals surface area (Å²) in [5.41, 5.74) is 4.50. The third-order valence-electron chi connectivity index (χ3n) is 6.29. The number of carboxylic acid groups (broad SMARTS) is 1. The van der Waals surface area contributed by atoms with Crippen molar-refractivity contribution in [3.63, 3.8) is 0 Å². The minimum Gasteiger partial charge on any atom is -0.480 e. The van der Waals surface area contributed by atoms with E-state index in [9.17, 15) is 19.5 Å². The van der Waals surface area contributed by atoms with Crippen molar-refractivity contribution >= 4 is 34.4 Å². The number of benzene rings is 4. The molecule has 0 radical (unpaired) electrons. The zero-order valence-corrected chi connectivity index (χ0v) is 20.3. The Morgan fingerprint density at radius 3 is 2.13 bits per heavy atom. The lowest BCUT2D eigenvalue weighted by molar-refractivity contribution is -0.139. The van der Waals surface area contributed by atoms with E-state index in [1.54, 1.807) is 36.4 Å². The second-order valence-electron chi connectivity index (χ2n) is 8.89. The van der Waals surface area contributed by atoms with Gasteiger partial charge in [-0.1, -0.05) is 72.8 Å². The number of hydrogen-bond acceptors (Lipinski definition) is 3. The van der Waals surface area contributed by atoms with Crippen molar-refractivity contribution in [1.29, 1.82) is 0 Å². The van der Waals surface area contributed by atoms with Crippen LogP contribution in [0.3, 0.4) is 0 Å². The first-order chi connectivity index (χ1) is 18.5. The van der Waals surface area contributed by atoms with E-state index in [0.29, 0.717) is 11.3 Å². The van der Waals surface area contributed by atoms with Crippen molar-refractivity contribution in [2.24, 2.45) is 0 Å². The first kappa shape index (κ1) is 24.5. The predicted molar refractivity (Wildman–Crippen MR) is 147 cm³/mol. The van der Waals surface area contributed by atoms with E-state index in [-0.39, 0.29) is 23.6 Å². The molecule has 5 aromatic rings. The van der Waals surface area contributed by atoms with Crippen LogP contribution in [0.15, 0.2) is 109 Å². The number of carbonyl (C=O) groups excluding carboxylic acids is 2. The number of aromatic nitrogens is 1. The van der Waals surface area contributed by atoms with Crippen LogP contribution in [0.25, 0.3) is 22.0 Å². The second kappa shape index (κ2) is 10.8. The molecule has 0 spiro atoms. The molecule has 0 unspecified atom stereocenters. The fraction of sp³-hybridized carbons (Fsp3) is 0.0645. The zero-order chi connectivity index (χ0) is 26.5. The van der Waals surface area contributed by atoms with Crippen LogP contribution in [-0.2, 0) is 11.2 Å². The first-order valence-corrected chi connectivity index (χ1v) is 12.1. The van der Waals surface area contributed by atoms with Crippen LogP contribution in [0.2, 0.25) is 0 Å². The molecule has 7 nitrogen and oxygen atoms in total. The molecular weight excluding hydrogens is 478 g/mol. The van der Waals surface area contributed by atoms with E-state index in [0.717, 1.165) is 22.0 Å². The molecule has 188 valence electrons. The van der Waals surface area contributed by atoms with Gasteiger partial charge in [0.25, 0.3) is 11.8 Å². The van der Waals surface area contributed by atoms with Crippen LogP contribution >= 0.6 is 0 Å². The molecule has 38 heavy (non-hydrogen) atoms. The third kappa shape index (κ3) is 5.47. The highest BCUT2D eigenvalue weighted by Gasteiger charge is 2.24. The van der Waals surface area contributed by atoms with Crippen molar-refractivity contribution in [2.75, 3.05) is 5.32 Å². The Kier molecular flexibility index (Phi) is 6.99. The summed E-state index contributed by atoms with van der Waals surface area (Å²) in [6.07, 6.45) is 0.0814. The van der Waals surface area contributed by atoms with E-state index < -0.39 is 17.9 Å². The fourth-order valence-electron chi connectivity index (χ4n) is 4.33. The number of fused-ring (bicyclic) bond motifs is 1. The van der Waals surface area contributed by atoms with Crippen LogP contribution in [0.1, 0.15) is 26.4 Å².